The number of nitrogen functional groups attached to an aromatic ring is 1. The minimum Gasteiger partial charge on any atom is -0.398 e. The van der Waals surface area contributed by atoms with Crippen LogP contribution < -0.4 is 11.1 Å². The molecule has 0 heterocycles. The Morgan fingerprint density at radius 2 is 1.89 bits per heavy atom. The molecule has 3 N–H and O–H groups in total. The van der Waals surface area contributed by atoms with Gasteiger partial charge in [0.15, 0.2) is 0 Å². The van der Waals surface area contributed by atoms with Crippen LogP contribution in [0.15, 0.2) is 42.5 Å². The first-order valence-electron chi connectivity index (χ1n) is 6.06. The van der Waals surface area contributed by atoms with Gasteiger partial charge in [0.05, 0.1) is 16.3 Å². The van der Waals surface area contributed by atoms with E-state index < -0.39 is 0 Å². The summed E-state index contributed by atoms with van der Waals surface area (Å²) < 4.78 is 0. The van der Waals surface area contributed by atoms with Crippen molar-refractivity contribution in [2.75, 3.05) is 11.1 Å². The van der Waals surface area contributed by atoms with Crippen LogP contribution in [0.1, 0.15) is 22.8 Å². The molecule has 0 saturated heterocycles. The highest BCUT2D eigenvalue weighted by Gasteiger charge is 2.12. The first-order chi connectivity index (χ1) is 9.11. The fourth-order valence-corrected chi connectivity index (χ4v) is 1.96. The number of carbonyl (C=O) groups excluding carboxylic acids is 1. The maximum Gasteiger partial charge on any atom is 0.257 e. The molecule has 2 aromatic rings. The van der Waals surface area contributed by atoms with Gasteiger partial charge < -0.3 is 11.1 Å². The topological polar surface area (TPSA) is 55.1 Å². The molecule has 0 spiro atoms. The van der Waals surface area contributed by atoms with Crippen molar-refractivity contribution in [1.82, 2.24) is 0 Å². The van der Waals surface area contributed by atoms with E-state index in [0.717, 1.165) is 12.1 Å². The molecule has 0 aromatic heterocycles. The summed E-state index contributed by atoms with van der Waals surface area (Å²) in [7, 11) is 0. The van der Waals surface area contributed by atoms with Gasteiger partial charge in [-0.2, -0.15) is 0 Å². The molecule has 0 aliphatic rings. The van der Waals surface area contributed by atoms with E-state index in [-0.39, 0.29) is 10.9 Å². The van der Waals surface area contributed by atoms with Gasteiger partial charge in [-0.15, -0.1) is 0 Å². The average Bonchev–Trinajstić information content (AvgIpc) is 2.42. The zero-order valence-corrected chi connectivity index (χ0v) is 11.4. The number of rotatable bonds is 3. The van der Waals surface area contributed by atoms with Crippen molar-refractivity contribution in [2.24, 2.45) is 0 Å². The third-order valence-electron chi connectivity index (χ3n) is 2.89. The quantitative estimate of drug-likeness (QED) is 0.838. The molecule has 0 atom stereocenters. The van der Waals surface area contributed by atoms with Crippen molar-refractivity contribution >= 4 is 28.9 Å². The van der Waals surface area contributed by atoms with Crippen LogP contribution in [0.25, 0.3) is 0 Å². The Hall–Kier alpha value is -2.00. The van der Waals surface area contributed by atoms with Gasteiger partial charge in [0.2, 0.25) is 0 Å². The molecule has 0 fully saturated rings. The van der Waals surface area contributed by atoms with E-state index in [0.29, 0.717) is 11.3 Å². The molecule has 0 aliphatic heterocycles. The molecular weight excluding hydrogens is 260 g/mol. The van der Waals surface area contributed by atoms with E-state index in [2.05, 4.69) is 12.2 Å². The maximum absolute atomic E-state index is 12.1. The summed E-state index contributed by atoms with van der Waals surface area (Å²) in [6.07, 6.45) is 0.968. The summed E-state index contributed by atoms with van der Waals surface area (Å²) in [4.78, 5) is 12.1. The molecule has 0 bridgehead atoms. The molecule has 0 unspecified atom stereocenters. The van der Waals surface area contributed by atoms with Gasteiger partial charge in [0.1, 0.15) is 0 Å². The first-order valence-corrected chi connectivity index (χ1v) is 6.44. The van der Waals surface area contributed by atoms with Gasteiger partial charge in [0.25, 0.3) is 5.91 Å². The number of anilines is 2. The lowest BCUT2D eigenvalue weighted by atomic mass is 10.1. The summed E-state index contributed by atoms with van der Waals surface area (Å²) in [5, 5.41) is 3.08. The Kier molecular flexibility index (Phi) is 4.07. The predicted molar refractivity (Wildman–Crippen MR) is 79.6 cm³/mol. The summed E-state index contributed by atoms with van der Waals surface area (Å²) >= 11 is 6.02. The molecule has 4 heteroatoms. The van der Waals surface area contributed by atoms with Gasteiger partial charge >= 0.3 is 0 Å². The standard InChI is InChI=1S/C15H15ClN2O/c1-2-10-6-8-11(9-7-10)18-15(19)12-4-3-5-13(17)14(12)16/h3-9H,2,17H2,1H3,(H,18,19). The second-order valence-corrected chi connectivity index (χ2v) is 4.59. The lowest BCUT2D eigenvalue weighted by Gasteiger charge is -2.08. The van der Waals surface area contributed by atoms with Crippen LogP contribution in [0.2, 0.25) is 5.02 Å². The number of nitrogens with one attached hydrogen (secondary N) is 1. The van der Waals surface area contributed by atoms with E-state index in [1.807, 2.05) is 24.3 Å². The van der Waals surface area contributed by atoms with Crippen molar-refractivity contribution in [1.29, 1.82) is 0 Å². The van der Waals surface area contributed by atoms with Crippen molar-refractivity contribution in [3.8, 4) is 0 Å². The summed E-state index contributed by atoms with van der Waals surface area (Å²) in [6.45, 7) is 2.08. The van der Waals surface area contributed by atoms with Crippen LogP contribution in [-0.2, 0) is 6.42 Å². The molecular formula is C15H15ClN2O. The Labute approximate surface area is 117 Å². The third kappa shape index (κ3) is 3.06. The lowest BCUT2D eigenvalue weighted by molar-refractivity contribution is 0.102. The fourth-order valence-electron chi connectivity index (χ4n) is 1.75. The second kappa shape index (κ2) is 5.76. The number of hydrogen-bond acceptors (Lipinski definition) is 2. The van der Waals surface area contributed by atoms with Crippen LogP contribution in [-0.4, -0.2) is 5.91 Å². The van der Waals surface area contributed by atoms with Crippen LogP contribution in [0.3, 0.4) is 0 Å². The summed E-state index contributed by atoms with van der Waals surface area (Å²) in [5.41, 5.74) is 8.41. The number of carbonyl (C=O) groups is 1. The molecule has 0 radical (unpaired) electrons. The summed E-state index contributed by atoms with van der Waals surface area (Å²) in [5.74, 6) is -0.262. The molecule has 1 amide bonds. The van der Waals surface area contributed by atoms with E-state index in [1.165, 1.54) is 5.56 Å². The molecule has 0 saturated carbocycles. The minimum absolute atomic E-state index is 0.262. The molecule has 2 rings (SSSR count). The molecule has 19 heavy (non-hydrogen) atoms. The van der Waals surface area contributed by atoms with Crippen molar-refractivity contribution in [3.05, 3.63) is 58.6 Å². The largest absolute Gasteiger partial charge is 0.398 e. The highest BCUT2D eigenvalue weighted by Crippen LogP contribution is 2.24. The van der Waals surface area contributed by atoms with Gasteiger partial charge in [-0.25, -0.2) is 0 Å². The monoisotopic (exact) mass is 274 g/mol. The molecule has 2 aromatic carbocycles. The average molecular weight is 275 g/mol. The normalized spacial score (nSPS) is 10.2. The van der Waals surface area contributed by atoms with Gasteiger partial charge in [-0.05, 0) is 36.2 Å². The first kappa shape index (κ1) is 13.4. The van der Waals surface area contributed by atoms with E-state index in [1.54, 1.807) is 18.2 Å². The van der Waals surface area contributed by atoms with Crippen molar-refractivity contribution in [3.63, 3.8) is 0 Å². The van der Waals surface area contributed by atoms with E-state index in [9.17, 15) is 4.79 Å². The number of benzene rings is 2. The highest BCUT2D eigenvalue weighted by atomic mass is 35.5. The van der Waals surface area contributed by atoms with E-state index >= 15 is 0 Å². The Morgan fingerprint density at radius 1 is 1.21 bits per heavy atom. The zero-order chi connectivity index (χ0) is 13.8. The summed E-state index contributed by atoms with van der Waals surface area (Å²) in [6, 6.07) is 12.7. The maximum atomic E-state index is 12.1. The third-order valence-corrected chi connectivity index (χ3v) is 3.32. The number of aryl methyl sites for hydroxylation is 1. The van der Waals surface area contributed by atoms with Crippen LogP contribution in [0.5, 0.6) is 0 Å². The Morgan fingerprint density at radius 3 is 2.53 bits per heavy atom. The Balaban J connectivity index is 2.18. The number of amides is 1. The lowest BCUT2D eigenvalue weighted by Crippen LogP contribution is -2.13. The molecule has 0 aliphatic carbocycles. The van der Waals surface area contributed by atoms with Gasteiger partial charge in [-0.3, -0.25) is 4.79 Å². The van der Waals surface area contributed by atoms with Crippen LogP contribution >= 0.6 is 11.6 Å². The molecule has 3 nitrogen and oxygen atoms in total. The second-order valence-electron chi connectivity index (χ2n) is 4.21. The highest BCUT2D eigenvalue weighted by molar-refractivity contribution is 6.36. The van der Waals surface area contributed by atoms with Gasteiger partial charge in [-0.1, -0.05) is 36.7 Å². The fraction of sp³-hybridized carbons (Fsp3) is 0.133. The van der Waals surface area contributed by atoms with E-state index in [4.69, 9.17) is 17.3 Å². The molecule has 98 valence electrons. The zero-order valence-electron chi connectivity index (χ0n) is 10.6. The SMILES string of the molecule is CCc1ccc(NC(=O)c2cccc(N)c2Cl)cc1. The van der Waals surface area contributed by atoms with Gasteiger partial charge in [0, 0.05) is 5.69 Å². The Bertz CT molecular complexity index is 594. The van der Waals surface area contributed by atoms with Crippen LogP contribution in [0.4, 0.5) is 11.4 Å². The van der Waals surface area contributed by atoms with Crippen LogP contribution in [0, 0.1) is 0 Å². The predicted octanol–water partition coefficient (Wildman–Crippen LogP) is 3.74. The minimum atomic E-state index is -0.262. The number of nitrogens with two attached hydrogens (primary N) is 1. The number of hydrogen-bond donors (Lipinski definition) is 2. The van der Waals surface area contributed by atoms with Crippen molar-refractivity contribution in [2.45, 2.75) is 13.3 Å². The smallest absolute Gasteiger partial charge is 0.257 e. The number of halogens is 1. The van der Waals surface area contributed by atoms with Crippen molar-refractivity contribution < 1.29 is 4.79 Å².